The summed E-state index contributed by atoms with van der Waals surface area (Å²) < 4.78 is 0. The summed E-state index contributed by atoms with van der Waals surface area (Å²) in [6, 6.07) is 6.97. The fraction of sp³-hybridized carbons (Fsp3) is 0.684. The smallest absolute Gasteiger partial charge is 0.0358 e. The van der Waals surface area contributed by atoms with Crippen molar-refractivity contribution in [3.8, 4) is 0 Å². The summed E-state index contributed by atoms with van der Waals surface area (Å²) in [4.78, 5) is 2.56. The number of rotatable bonds is 8. The Hall–Kier alpha value is -0.860. The maximum Gasteiger partial charge on any atom is 0.0358 e. The molecule has 1 unspecified atom stereocenters. The van der Waals surface area contributed by atoms with Crippen molar-refractivity contribution in [3.63, 3.8) is 0 Å². The molecule has 1 rings (SSSR count). The van der Waals surface area contributed by atoms with Crippen molar-refractivity contribution in [3.05, 3.63) is 34.9 Å². The van der Waals surface area contributed by atoms with E-state index >= 15 is 0 Å². The van der Waals surface area contributed by atoms with Crippen LogP contribution in [0.1, 0.15) is 57.2 Å². The van der Waals surface area contributed by atoms with E-state index in [1.165, 1.54) is 16.7 Å². The minimum Gasteiger partial charge on any atom is -0.326 e. The van der Waals surface area contributed by atoms with Crippen LogP contribution in [0.25, 0.3) is 0 Å². The monoisotopic (exact) mass is 290 g/mol. The molecule has 0 saturated heterocycles. The number of hydrogen-bond acceptors (Lipinski definition) is 2. The first-order chi connectivity index (χ1) is 9.93. The molecule has 1 aromatic carbocycles. The summed E-state index contributed by atoms with van der Waals surface area (Å²) in [6.45, 7) is 15.5. The summed E-state index contributed by atoms with van der Waals surface area (Å²) in [7, 11) is 0. The van der Waals surface area contributed by atoms with Gasteiger partial charge in [0.1, 0.15) is 0 Å². The predicted octanol–water partition coefficient (Wildman–Crippen LogP) is 4.07. The molecule has 0 radical (unpaired) electrons. The largest absolute Gasteiger partial charge is 0.326 e. The van der Waals surface area contributed by atoms with Gasteiger partial charge in [-0.25, -0.2) is 0 Å². The number of nitrogens with two attached hydrogens (primary N) is 1. The highest BCUT2D eigenvalue weighted by Gasteiger charge is 2.37. The van der Waals surface area contributed by atoms with Crippen LogP contribution in [0.4, 0.5) is 0 Å². The molecule has 0 amide bonds. The topological polar surface area (TPSA) is 29.3 Å². The Balaban J connectivity index is 3.03. The number of likely N-dealkylation sites (N-methyl/N-ethyl adjacent to an activating group) is 1. The van der Waals surface area contributed by atoms with Crippen LogP contribution >= 0.6 is 0 Å². The third-order valence-electron chi connectivity index (χ3n) is 5.04. The van der Waals surface area contributed by atoms with Gasteiger partial charge in [0.05, 0.1) is 0 Å². The molecule has 1 atom stereocenters. The lowest BCUT2D eigenvalue weighted by atomic mass is 9.80. The Kier molecular flexibility index (Phi) is 6.89. The fourth-order valence-electron chi connectivity index (χ4n) is 3.94. The third-order valence-corrected chi connectivity index (χ3v) is 5.04. The molecule has 0 bridgehead atoms. The summed E-state index contributed by atoms with van der Waals surface area (Å²) in [5, 5.41) is 0. The minimum atomic E-state index is 0.112. The van der Waals surface area contributed by atoms with Crippen LogP contribution in [0.2, 0.25) is 0 Å². The maximum absolute atomic E-state index is 6.72. The van der Waals surface area contributed by atoms with E-state index < -0.39 is 0 Å². The van der Waals surface area contributed by atoms with E-state index in [0.29, 0.717) is 0 Å². The van der Waals surface area contributed by atoms with Crippen molar-refractivity contribution >= 4 is 0 Å². The van der Waals surface area contributed by atoms with Gasteiger partial charge in [-0.1, -0.05) is 57.0 Å². The zero-order valence-electron chi connectivity index (χ0n) is 14.9. The average Bonchev–Trinajstić information content (AvgIpc) is 2.43. The van der Waals surface area contributed by atoms with Crippen LogP contribution in [-0.2, 0) is 6.42 Å². The highest BCUT2D eigenvalue weighted by molar-refractivity contribution is 5.29. The first-order valence-corrected chi connectivity index (χ1v) is 8.51. The van der Waals surface area contributed by atoms with E-state index in [2.05, 4.69) is 64.6 Å². The molecular formula is C19H34N2. The number of nitrogens with zero attached hydrogens (tertiary/aromatic N) is 1. The SMILES string of the molecule is CCN(CC)C(CC)(CC)C(N)Cc1cc(C)cc(C)c1. The van der Waals surface area contributed by atoms with E-state index in [-0.39, 0.29) is 11.6 Å². The zero-order valence-corrected chi connectivity index (χ0v) is 14.9. The molecule has 0 spiro atoms. The number of aryl methyl sites for hydroxylation is 2. The van der Waals surface area contributed by atoms with Crippen molar-refractivity contribution in [1.29, 1.82) is 0 Å². The lowest BCUT2D eigenvalue weighted by Crippen LogP contribution is -2.60. The van der Waals surface area contributed by atoms with Gasteiger partial charge in [0.25, 0.3) is 0 Å². The van der Waals surface area contributed by atoms with Crippen molar-refractivity contribution in [2.75, 3.05) is 13.1 Å². The lowest BCUT2D eigenvalue weighted by molar-refractivity contribution is 0.0628. The molecule has 2 N–H and O–H groups in total. The van der Waals surface area contributed by atoms with Gasteiger partial charge < -0.3 is 5.73 Å². The van der Waals surface area contributed by atoms with Crippen LogP contribution < -0.4 is 5.73 Å². The first kappa shape index (κ1) is 18.2. The molecule has 0 aromatic heterocycles. The van der Waals surface area contributed by atoms with Crippen molar-refractivity contribution in [1.82, 2.24) is 4.90 Å². The molecule has 21 heavy (non-hydrogen) atoms. The molecule has 0 saturated carbocycles. The number of benzene rings is 1. The molecule has 1 aromatic rings. The molecule has 2 nitrogen and oxygen atoms in total. The second-order valence-corrected chi connectivity index (χ2v) is 6.29. The van der Waals surface area contributed by atoms with Crippen molar-refractivity contribution in [2.45, 2.75) is 72.4 Å². The van der Waals surface area contributed by atoms with Crippen molar-refractivity contribution < 1.29 is 0 Å². The average molecular weight is 290 g/mol. The van der Waals surface area contributed by atoms with E-state index in [9.17, 15) is 0 Å². The molecule has 120 valence electrons. The summed E-state index contributed by atoms with van der Waals surface area (Å²) >= 11 is 0. The van der Waals surface area contributed by atoms with Gasteiger partial charge in [0, 0.05) is 11.6 Å². The highest BCUT2D eigenvalue weighted by Crippen LogP contribution is 2.29. The van der Waals surface area contributed by atoms with E-state index in [4.69, 9.17) is 5.73 Å². The second-order valence-electron chi connectivity index (χ2n) is 6.29. The summed E-state index contributed by atoms with van der Waals surface area (Å²) in [5.74, 6) is 0. The predicted molar refractivity (Wildman–Crippen MR) is 93.8 cm³/mol. The molecule has 0 fully saturated rings. The van der Waals surface area contributed by atoms with Gasteiger partial charge in [-0.2, -0.15) is 0 Å². The van der Waals surface area contributed by atoms with Gasteiger partial charge >= 0.3 is 0 Å². The quantitative estimate of drug-likeness (QED) is 0.782. The maximum atomic E-state index is 6.72. The normalized spacial score (nSPS) is 13.7. The fourth-order valence-corrected chi connectivity index (χ4v) is 3.94. The lowest BCUT2D eigenvalue weighted by Gasteiger charge is -2.46. The molecular weight excluding hydrogens is 256 g/mol. The molecule has 2 heteroatoms. The van der Waals surface area contributed by atoms with Crippen LogP contribution in [0.15, 0.2) is 18.2 Å². The van der Waals surface area contributed by atoms with Crippen LogP contribution in [-0.4, -0.2) is 29.6 Å². The Morgan fingerprint density at radius 2 is 1.43 bits per heavy atom. The first-order valence-electron chi connectivity index (χ1n) is 8.51. The molecule has 0 heterocycles. The van der Waals surface area contributed by atoms with Gasteiger partial charge in [-0.3, -0.25) is 4.90 Å². The highest BCUT2D eigenvalue weighted by atomic mass is 15.2. The third kappa shape index (κ3) is 4.08. The Morgan fingerprint density at radius 3 is 1.81 bits per heavy atom. The standard InChI is InChI=1S/C19H34N2/c1-7-19(8-2,21(9-3)10-4)18(20)14-17-12-15(5)11-16(6)13-17/h11-13,18H,7-10,14,20H2,1-6H3. The Bertz CT molecular complexity index is 411. The molecule has 0 aliphatic heterocycles. The van der Waals surface area contributed by atoms with Crippen molar-refractivity contribution in [2.24, 2.45) is 5.73 Å². The van der Waals surface area contributed by atoms with Gasteiger partial charge in [-0.05, 0) is 51.8 Å². The zero-order chi connectivity index (χ0) is 16.0. The van der Waals surface area contributed by atoms with Gasteiger partial charge in [0.2, 0.25) is 0 Å². The number of hydrogen-bond donors (Lipinski definition) is 1. The second kappa shape index (κ2) is 7.95. The Labute approximate surface area is 131 Å². The van der Waals surface area contributed by atoms with Gasteiger partial charge in [0.15, 0.2) is 0 Å². The van der Waals surface area contributed by atoms with Gasteiger partial charge in [-0.15, -0.1) is 0 Å². The Morgan fingerprint density at radius 1 is 0.952 bits per heavy atom. The van der Waals surface area contributed by atoms with Crippen LogP contribution in [0, 0.1) is 13.8 Å². The molecule has 0 aliphatic carbocycles. The summed E-state index contributed by atoms with van der Waals surface area (Å²) in [6.07, 6.45) is 3.18. The summed E-state index contributed by atoms with van der Waals surface area (Å²) in [5.41, 5.74) is 10.9. The minimum absolute atomic E-state index is 0.112. The van der Waals surface area contributed by atoms with E-state index in [1.807, 2.05) is 0 Å². The van der Waals surface area contributed by atoms with E-state index in [0.717, 1.165) is 32.4 Å². The van der Waals surface area contributed by atoms with E-state index in [1.54, 1.807) is 0 Å². The molecule has 0 aliphatic rings. The van der Waals surface area contributed by atoms with Crippen LogP contribution in [0.5, 0.6) is 0 Å². The van der Waals surface area contributed by atoms with Crippen LogP contribution in [0.3, 0.4) is 0 Å².